The summed E-state index contributed by atoms with van der Waals surface area (Å²) in [6.07, 6.45) is -5.57. The fourth-order valence-corrected chi connectivity index (χ4v) is 2.12. The average Bonchev–Trinajstić information content (AvgIpc) is 2.25. The van der Waals surface area contributed by atoms with Gasteiger partial charge in [0, 0.05) is 11.0 Å². The molecule has 1 aromatic rings. The van der Waals surface area contributed by atoms with Crippen LogP contribution >= 0.6 is 27.5 Å². The van der Waals surface area contributed by atoms with Crippen LogP contribution in [0.4, 0.5) is 18.9 Å². The normalized spacial score (nSPS) is 13.5. The van der Waals surface area contributed by atoms with E-state index in [1.807, 2.05) is 0 Å². The fourth-order valence-electron chi connectivity index (χ4n) is 1.19. The maximum atomic E-state index is 12.6. The molecule has 3 N–H and O–H groups in total. The lowest BCUT2D eigenvalue weighted by Gasteiger charge is -2.15. The minimum absolute atomic E-state index is 0.0414. The van der Waals surface area contributed by atoms with Crippen molar-refractivity contribution in [3.8, 4) is 0 Å². The van der Waals surface area contributed by atoms with E-state index in [0.717, 1.165) is 12.1 Å². The predicted octanol–water partition coefficient (Wildman–Crippen LogP) is 2.89. The average molecular weight is 349 g/mol. The van der Waals surface area contributed by atoms with E-state index in [1.54, 1.807) is 0 Å². The smallest absolute Gasteiger partial charge is 0.394 e. The number of anilines is 1. The minimum atomic E-state index is -4.50. The second-order valence-electron chi connectivity index (χ2n) is 3.53. The Morgan fingerprint density at radius 2 is 2.00 bits per heavy atom. The highest BCUT2D eigenvalue weighted by Crippen LogP contribution is 2.39. The van der Waals surface area contributed by atoms with Crippen molar-refractivity contribution in [2.24, 2.45) is 0 Å². The van der Waals surface area contributed by atoms with E-state index < -0.39 is 24.5 Å². The number of hydrogen-bond donors (Lipinski definition) is 3. The van der Waals surface area contributed by atoms with E-state index in [-0.39, 0.29) is 21.7 Å². The van der Waals surface area contributed by atoms with Gasteiger partial charge in [-0.3, -0.25) is 0 Å². The van der Waals surface area contributed by atoms with E-state index >= 15 is 0 Å². The maximum Gasteiger partial charge on any atom is 0.417 e. The van der Waals surface area contributed by atoms with E-state index in [1.165, 1.54) is 0 Å². The molecule has 102 valence electrons. The number of halogens is 5. The highest BCUT2D eigenvalue weighted by molar-refractivity contribution is 9.10. The summed E-state index contributed by atoms with van der Waals surface area (Å²) in [4.78, 5) is 0. The monoisotopic (exact) mass is 347 g/mol. The summed E-state index contributed by atoms with van der Waals surface area (Å²) < 4.78 is 37.7. The van der Waals surface area contributed by atoms with Crippen molar-refractivity contribution < 1.29 is 23.4 Å². The van der Waals surface area contributed by atoms with E-state index in [4.69, 9.17) is 21.8 Å². The number of benzene rings is 1. The van der Waals surface area contributed by atoms with Crippen LogP contribution in [-0.4, -0.2) is 29.5 Å². The zero-order valence-electron chi connectivity index (χ0n) is 8.93. The van der Waals surface area contributed by atoms with Crippen molar-refractivity contribution in [1.82, 2.24) is 0 Å². The van der Waals surface area contributed by atoms with Crippen LogP contribution < -0.4 is 5.32 Å². The first-order chi connectivity index (χ1) is 8.25. The molecule has 0 aliphatic carbocycles. The molecule has 18 heavy (non-hydrogen) atoms. The Hall–Kier alpha value is -0.500. The molecular weight excluding hydrogens is 338 g/mol. The van der Waals surface area contributed by atoms with Gasteiger partial charge in [0.05, 0.1) is 29.0 Å². The SMILES string of the molecule is OCC(O)CNc1cc(C(F)(F)F)c(Br)cc1Cl. The van der Waals surface area contributed by atoms with Gasteiger partial charge in [-0.25, -0.2) is 0 Å². The van der Waals surface area contributed by atoms with Crippen molar-refractivity contribution in [3.05, 3.63) is 27.2 Å². The Morgan fingerprint density at radius 3 is 2.50 bits per heavy atom. The Labute approximate surface area is 115 Å². The summed E-state index contributed by atoms with van der Waals surface area (Å²) in [6.45, 7) is -0.595. The third-order valence-corrected chi connectivity index (χ3v) is 3.07. The molecule has 0 spiro atoms. The topological polar surface area (TPSA) is 52.5 Å². The molecule has 1 rings (SSSR count). The molecule has 0 aliphatic heterocycles. The first-order valence-corrected chi connectivity index (χ1v) is 6.02. The van der Waals surface area contributed by atoms with Gasteiger partial charge in [0.15, 0.2) is 0 Å². The molecule has 0 radical (unpaired) electrons. The van der Waals surface area contributed by atoms with Gasteiger partial charge < -0.3 is 15.5 Å². The molecule has 0 saturated carbocycles. The first kappa shape index (κ1) is 15.6. The Morgan fingerprint density at radius 1 is 1.39 bits per heavy atom. The van der Waals surface area contributed by atoms with Crippen LogP contribution in [-0.2, 0) is 6.18 Å². The molecule has 0 amide bonds. The zero-order valence-corrected chi connectivity index (χ0v) is 11.3. The van der Waals surface area contributed by atoms with Crippen molar-refractivity contribution in [3.63, 3.8) is 0 Å². The second kappa shape index (κ2) is 6.10. The highest BCUT2D eigenvalue weighted by atomic mass is 79.9. The summed E-state index contributed by atoms with van der Waals surface area (Å²) in [5.74, 6) is 0. The number of alkyl halides is 3. The Balaban J connectivity index is 2.99. The van der Waals surface area contributed by atoms with Gasteiger partial charge in [0.25, 0.3) is 0 Å². The predicted molar refractivity (Wildman–Crippen MR) is 65.7 cm³/mol. The number of aliphatic hydroxyl groups excluding tert-OH is 2. The summed E-state index contributed by atoms with van der Waals surface area (Å²) in [7, 11) is 0. The highest BCUT2D eigenvalue weighted by Gasteiger charge is 2.33. The van der Waals surface area contributed by atoms with E-state index in [9.17, 15) is 13.2 Å². The van der Waals surface area contributed by atoms with Gasteiger partial charge in [-0.1, -0.05) is 27.5 Å². The molecule has 1 unspecified atom stereocenters. The largest absolute Gasteiger partial charge is 0.417 e. The molecule has 0 aliphatic rings. The zero-order chi connectivity index (χ0) is 13.9. The third-order valence-electron chi connectivity index (χ3n) is 2.10. The summed E-state index contributed by atoms with van der Waals surface area (Å²) >= 11 is 8.56. The Kier molecular flexibility index (Phi) is 5.27. The van der Waals surface area contributed by atoms with Gasteiger partial charge in [0.1, 0.15) is 0 Å². The summed E-state index contributed by atoms with van der Waals surface area (Å²) in [5.41, 5.74) is -0.826. The molecule has 3 nitrogen and oxygen atoms in total. The second-order valence-corrected chi connectivity index (χ2v) is 4.79. The Bertz CT molecular complexity index is 428. The molecule has 0 heterocycles. The molecule has 0 fully saturated rings. The van der Waals surface area contributed by atoms with Gasteiger partial charge in [-0.05, 0) is 12.1 Å². The summed E-state index contributed by atoms with van der Waals surface area (Å²) in [5, 5.41) is 20.3. The molecule has 1 aromatic carbocycles. The van der Waals surface area contributed by atoms with Crippen LogP contribution in [0.3, 0.4) is 0 Å². The van der Waals surface area contributed by atoms with Crippen LogP contribution in [0.2, 0.25) is 5.02 Å². The van der Waals surface area contributed by atoms with Crippen molar-refractivity contribution in [2.45, 2.75) is 12.3 Å². The van der Waals surface area contributed by atoms with E-state index in [0.29, 0.717) is 0 Å². The van der Waals surface area contributed by atoms with Crippen LogP contribution in [0.5, 0.6) is 0 Å². The molecule has 0 bridgehead atoms. The molecule has 0 saturated heterocycles. The summed E-state index contributed by atoms with van der Waals surface area (Å²) in [6, 6.07) is 1.97. The molecule has 1 atom stereocenters. The van der Waals surface area contributed by atoms with Crippen molar-refractivity contribution >= 4 is 33.2 Å². The quantitative estimate of drug-likeness (QED) is 0.784. The lowest BCUT2D eigenvalue weighted by Crippen LogP contribution is -2.23. The molecule has 0 aromatic heterocycles. The van der Waals surface area contributed by atoms with E-state index in [2.05, 4.69) is 21.2 Å². The van der Waals surface area contributed by atoms with Crippen LogP contribution in [0.15, 0.2) is 16.6 Å². The van der Waals surface area contributed by atoms with Crippen molar-refractivity contribution in [1.29, 1.82) is 0 Å². The number of hydrogen-bond acceptors (Lipinski definition) is 3. The minimum Gasteiger partial charge on any atom is -0.394 e. The van der Waals surface area contributed by atoms with Crippen LogP contribution in [0.25, 0.3) is 0 Å². The third kappa shape index (κ3) is 4.01. The van der Waals surface area contributed by atoms with Crippen molar-refractivity contribution in [2.75, 3.05) is 18.5 Å². The number of rotatable bonds is 4. The number of nitrogens with one attached hydrogen (secondary N) is 1. The lowest BCUT2D eigenvalue weighted by molar-refractivity contribution is -0.138. The molecule has 8 heteroatoms. The van der Waals surface area contributed by atoms with Gasteiger partial charge in [-0.15, -0.1) is 0 Å². The van der Waals surface area contributed by atoms with Crippen LogP contribution in [0.1, 0.15) is 5.56 Å². The fraction of sp³-hybridized carbons (Fsp3) is 0.400. The standard InChI is InChI=1S/C10H10BrClF3NO2/c11-7-2-8(12)9(16-3-5(18)4-17)1-6(7)10(13,14)15/h1-2,5,16-18H,3-4H2. The van der Waals surface area contributed by atoms with Gasteiger partial charge in [-0.2, -0.15) is 13.2 Å². The lowest BCUT2D eigenvalue weighted by atomic mass is 10.2. The first-order valence-electron chi connectivity index (χ1n) is 4.84. The maximum absolute atomic E-state index is 12.6. The van der Waals surface area contributed by atoms with Gasteiger partial charge >= 0.3 is 6.18 Å². The number of aliphatic hydroxyl groups is 2. The molecular formula is C10H10BrClF3NO2. The van der Waals surface area contributed by atoms with Gasteiger partial charge in [0.2, 0.25) is 0 Å². The van der Waals surface area contributed by atoms with Crippen LogP contribution in [0, 0.1) is 0 Å².